The number of fused-ring (bicyclic) bond motifs is 1. The molecule has 7 heteroatoms. The first kappa shape index (κ1) is 15.7. The van der Waals surface area contributed by atoms with Crippen molar-refractivity contribution in [2.24, 2.45) is 5.92 Å². The maximum Gasteiger partial charge on any atom is 0.340 e. The van der Waals surface area contributed by atoms with Crippen molar-refractivity contribution in [3.05, 3.63) is 35.4 Å². The molecule has 0 radical (unpaired) electrons. The number of nitrogens with one attached hydrogen (secondary N) is 1. The standard InChI is InChI=1S/C16H20FN3O3/c1-2-19-9-11(16(22)23)15(21)10-7-12(17)14(8-13(10)19)20-5-3-18-4-6-20/h7-10,13,18H,2-6H2,1H3,(H,22,23). The van der Waals surface area contributed by atoms with Gasteiger partial charge in [0.1, 0.15) is 11.4 Å². The van der Waals surface area contributed by atoms with E-state index in [1.165, 1.54) is 12.3 Å². The molecule has 2 atom stereocenters. The fraction of sp³-hybridized carbons (Fsp3) is 0.500. The zero-order chi connectivity index (χ0) is 16.6. The summed E-state index contributed by atoms with van der Waals surface area (Å²) in [5, 5.41) is 12.4. The lowest BCUT2D eigenvalue weighted by Crippen LogP contribution is -2.48. The van der Waals surface area contributed by atoms with E-state index in [9.17, 15) is 19.1 Å². The van der Waals surface area contributed by atoms with E-state index >= 15 is 0 Å². The average molecular weight is 321 g/mol. The number of aliphatic carboxylic acids is 1. The van der Waals surface area contributed by atoms with Crippen molar-refractivity contribution in [1.82, 2.24) is 15.1 Å². The van der Waals surface area contributed by atoms with Crippen LogP contribution in [0.3, 0.4) is 0 Å². The summed E-state index contributed by atoms with van der Waals surface area (Å²) in [5.74, 6) is -3.02. The number of piperazine rings is 1. The monoisotopic (exact) mass is 321 g/mol. The molecular formula is C16H20FN3O3. The Morgan fingerprint density at radius 2 is 2.09 bits per heavy atom. The van der Waals surface area contributed by atoms with Crippen molar-refractivity contribution < 1.29 is 19.1 Å². The van der Waals surface area contributed by atoms with E-state index in [-0.39, 0.29) is 11.6 Å². The summed E-state index contributed by atoms with van der Waals surface area (Å²) in [6.45, 7) is 5.43. The van der Waals surface area contributed by atoms with Crippen molar-refractivity contribution in [1.29, 1.82) is 0 Å². The number of ketones is 1. The number of carbonyl (C=O) groups excluding carboxylic acids is 1. The van der Waals surface area contributed by atoms with Gasteiger partial charge in [-0.15, -0.1) is 0 Å². The molecule has 1 saturated heterocycles. The number of carboxylic acid groups (broad SMARTS) is 1. The smallest absolute Gasteiger partial charge is 0.340 e. The maximum absolute atomic E-state index is 14.5. The average Bonchev–Trinajstić information content (AvgIpc) is 2.55. The maximum atomic E-state index is 14.5. The molecule has 1 fully saturated rings. The molecule has 6 nitrogen and oxygen atoms in total. The highest BCUT2D eigenvalue weighted by atomic mass is 19.1. The normalized spacial score (nSPS) is 27.9. The van der Waals surface area contributed by atoms with E-state index in [0.29, 0.717) is 25.3 Å². The minimum Gasteiger partial charge on any atom is -0.478 e. The van der Waals surface area contributed by atoms with E-state index in [1.54, 1.807) is 11.0 Å². The van der Waals surface area contributed by atoms with Crippen LogP contribution in [-0.4, -0.2) is 65.4 Å². The van der Waals surface area contributed by atoms with Crippen LogP contribution in [0.2, 0.25) is 0 Å². The van der Waals surface area contributed by atoms with Gasteiger partial charge in [0.25, 0.3) is 0 Å². The molecule has 0 aromatic carbocycles. The van der Waals surface area contributed by atoms with E-state index in [4.69, 9.17) is 0 Å². The van der Waals surface area contributed by atoms with Gasteiger partial charge in [0, 0.05) is 38.9 Å². The second-order valence-corrected chi connectivity index (χ2v) is 5.86. The SMILES string of the molecule is CCN1C=C(C(=O)O)C(=O)C2C=C(F)C(N3CCNCC3)=CC21. The Hall–Kier alpha value is -2.15. The minimum atomic E-state index is -1.27. The van der Waals surface area contributed by atoms with Crippen LogP contribution in [0.15, 0.2) is 35.4 Å². The van der Waals surface area contributed by atoms with Gasteiger partial charge in [0.05, 0.1) is 17.7 Å². The molecular weight excluding hydrogens is 301 g/mol. The predicted octanol–water partition coefficient (Wildman–Crippen LogP) is 0.500. The summed E-state index contributed by atoms with van der Waals surface area (Å²) in [4.78, 5) is 27.3. The van der Waals surface area contributed by atoms with Gasteiger partial charge in [0.15, 0.2) is 5.78 Å². The Morgan fingerprint density at radius 3 is 2.70 bits per heavy atom. The molecule has 2 aliphatic heterocycles. The van der Waals surface area contributed by atoms with Crippen LogP contribution in [0.5, 0.6) is 0 Å². The third-order valence-electron chi connectivity index (χ3n) is 4.57. The Balaban J connectivity index is 1.96. The molecule has 3 aliphatic rings. The molecule has 23 heavy (non-hydrogen) atoms. The van der Waals surface area contributed by atoms with Crippen molar-refractivity contribution in [3.63, 3.8) is 0 Å². The van der Waals surface area contributed by atoms with E-state index in [1.807, 2.05) is 11.8 Å². The zero-order valence-electron chi connectivity index (χ0n) is 13.0. The van der Waals surface area contributed by atoms with Gasteiger partial charge in [-0.3, -0.25) is 4.79 Å². The highest BCUT2D eigenvalue weighted by Crippen LogP contribution is 2.34. The molecule has 0 saturated carbocycles. The number of allylic oxidation sites excluding steroid dienone is 1. The van der Waals surface area contributed by atoms with Crippen LogP contribution >= 0.6 is 0 Å². The number of likely N-dealkylation sites (N-methyl/N-ethyl adjacent to an activating group) is 1. The van der Waals surface area contributed by atoms with Crippen LogP contribution in [0.1, 0.15) is 6.92 Å². The summed E-state index contributed by atoms with van der Waals surface area (Å²) in [7, 11) is 0. The number of hydrogen-bond donors (Lipinski definition) is 2. The van der Waals surface area contributed by atoms with Crippen molar-refractivity contribution in [3.8, 4) is 0 Å². The Morgan fingerprint density at radius 1 is 1.39 bits per heavy atom. The highest BCUT2D eigenvalue weighted by molar-refractivity contribution is 6.18. The van der Waals surface area contributed by atoms with Gasteiger partial charge in [0.2, 0.25) is 0 Å². The Kier molecular flexibility index (Phi) is 4.21. The third-order valence-corrected chi connectivity index (χ3v) is 4.57. The van der Waals surface area contributed by atoms with Crippen LogP contribution in [0.25, 0.3) is 0 Å². The molecule has 2 N–H and O–H groups in total. The molecule has 0 amide bonds. The molecule has 0 aromatic rings. The van der Waals surface area contributed by atoms with Gasteiger partial charge >= 0.3 is 5.97 Å². The second-order valence-electron chi connectivity index (χ2n) is 5.86. The number of rotatable bonds is 3. The molecule has 0 aromatic heterocycles. The molecule has 3 rings (SSSR count). The summed E-state index contributed by atoms with van der Waals surface area (Å²) in [6, 6.07) is -0.333. The topological polar surface area (TPSA) is 72.9 Å². The summed E-state index contributed by atoms with van der Waals surface area (Å²) in [6.07, 6.45) is 4.43. The zero-order valence-corrected chi connectivity index (χ0v) is 13.0. The summed E-state index contributed by atoms with van der Waals surface area (Å²) in [5.41, 5.74) is 0.224. The fourth-order valence-electron chi connectivity index (χ4n) is 3.34. The number of halogens is 1. The van der Waals surface area contributed by atoms with Gasteiger partial charge in [-0.25, -0.2) is 9.18 Å². The van der Waals surface area contributed by atoms with Crippen LogP contribution in [0, 0.1) is 5.92 Å². The van der Waals surface area contributed by atoms with Gasteiger partial charge in [-0.05, 0) is 19.1 Å². The van der Waals surface area contributed by atoms with Crippen molar-refractivity contribution in [2.45, 2.75) is 13.0 Å². The Labute approximate surface area is 133 Å². The first-order chi connectivity index (χ1) is 11.0. The fourth-order valence-corrected chi connectivity index (χ4v) is 3.34. The predicted molar refractivity (Wildman–Crippen MR) is 82.1 cm³/mol. The number of carboxylic acids is 1. The van der Waals surface area contributed by atoms with Gasteiger partial charge in [-0.2, -0.15) is 0 Å². The lowest BCUT2D eigenvalue weighted by atomic mass is 9.82. The molecule has 0 bridgehead atoms. The van der Waals surface area contributed by atoms with Crippen LogP contribution in [0.4, 0.5) is 4.39 Å². The molecule has 0 spiro atoms. The molecule has 2 heterocycles. The summed E-state index contributed by atoms with van der Waals surface area (Å²) >= 11 is 0. The molecule has 1 aliphatic carbocycles. The minimum absolute atomic E-state index is 0.281. The van der Waals surface area contributed by atoms with Crippen molar-refractivity contribution in [2.75, 3.05) is 32.7 Å². The largest absolute Gasteiger partial charge is 0.478 e. The van der Waals surface area contributed by atoms with E-state index < -0.39 is 23.5 Å². The first-order valence-electron chi connectivity index (χ1n) is 7.83. The number of hydrogen-bond acceptors (Lipinski definition) is 5. The van der Waals surface area contributed by atoms with E-state index in [0.717, 1.165) is 13.1 Å². The molecule has 124 valence electrons. The van der Waals surface area contributed by atoms with Gasteiger partial charge < -0.3 is 20.2 Å². The second kappa shape index (κ2) is 6.16. The number of nitrogens with zero attached hydrogens (tertiary/aromatic N) is 2. The van der Waals surface area contributed by atoms with Crippen LogP contribution in [-0.2, 0) is 9.59 Å². The third kappa shape index (κ3) is 2.76. The lowest BCUT2D eigenvalue weighted by Gasteiger charge is -2.40. The lowest BCUT2D eigenvalue weighted by molar-refractivity contribution is -0.136. The highest BCUT2D eigenvalue weighted by Gasteiger charge is 2.41. The first-order valence-corrected chi connectivity index (χ1v) is 7.83. The van der Waals surface area contributed by atoms with Crippen LogP contribution < -0.4 is 5.32 Å². The quantitative estimate of drug-likeness (QED) is 0.738. The van der Waals surface area contributed by atoms with Gasteiger partial charge in [-0.1, -0.05) is 0 Å². The van der Waals surface area contributed by atoms with E-state index in [2.05, 4.69) is 5.32 Å². The Bertz CT molecular complexity index is 620. The molecule has 2 unspecified atom stereocenters. The number of carbonyl (C=O) groups is 2. The number of Topliss-reactive ketones (excluding diaryl/α,β-unsaturated/α-hetero) is 1. The summed E-state index contributed by atoms with van der Waals surface area (Å²) < 4.78 is 14.5. The van der Waals surface area contributed by atoms with Crippen molar-refractivity contribution >= 4 is 11.8 Å².